The molecule has 27 heavy (non-hydrogen) atoms. The van der Waals surface area contributed by atoms with Crippen LogP contribution in [-0.2, 0) is 17.9 Å². The third-order valence-corrected chi connectivity index (χ3v) is 4.49. The predicted molar refractivity (Wildman–Crippen MR) is 96.2 cm³/mol. The normalized spacial score (nSPS) is 13.5. The Labute approximate surface area is 154 Å². The van der Waals surface area contributed by atoms with Gasteiger partial charge in [-0.2, -0.15) is 4.68 Å². The quantitative estimate of drug-likeness (QED) is 0.672. The summed E-state index contributed by atoms with van der Waals surface area (Å²) in [6.07, 6.45) is 1.93. The van der Waals surface area contributed by atoms with Gasteiger partial charge in [-0.15, -0.1) is 5.10 Å². The second-order valence-electron chi connectivity index (χ2n) is 6.58. The summed E-state index contributed by atoms with van der Waals surface area (Å²) in [6.45, 7) is 0.314. The molecule has 0 saturated heterocycles. The van der Waals surface area contributed by atoms with Gasteiger partial charge in [0, 0.05) is 18.2 Å². The van der Waals surface area contributed by atoms with E-state index in [1.54, 1.807) is 4.90 Å². The van der Waals surface area contributed by atoms with E-state index in [0.29, 0.717) is 12.1 Å². The molecule has 0 N–H and O–H groups in total. The monoisotopic (exact) mass is 367 g/mol. The van der Waals surface area contributed by atoms with Crippen molar-refractivity contribution in [3.05, 3.63) is 76.5 Å². The van der Waals surface area contributed by atoms with Crippen molar-refractivity contribution in [2.75, 3.05) is 0 Å². The average Bonchev–Trinajstić information content (AvgIpc) is 3.45. The Kier molecular flexibility index (Phi) is 4.58. The van der Waals surface area contributed by atoms with Gasteiger partial charge in [-0.05, 0) is 42.7 Å². The first kappa shape index (κ1) is 17.2. The molecular formula is C20H18FN3O3. The second-order valence-corrected chi connectivity index (χ2v) is 6.58. The van der Waals surface area contributed by atoms with Gasteiger partial charge in [0.25, 0.3) is 0 Å². The number of halogens is 1. The molecule has 0 aliphatic heterocycles. The molecule has 2 aromatic carbocycles. The number of benzene rings is 2. The minimum absolute atomic E-state index is 0.0637. The van der Waals surface area contributed by atoms with Crippen LogP contribution in [0.1, 0.15) is 18.4 Å². The number of carbonyl (C=O) groups excluding carboxylic acids is 1. The van der Waals surface area contributed by atoms with Gasteiger partial charge in [0.05, 0.1) is 0 Å². The van der Waals surface area contributed by atoms with Crippen molar-refractivity contribution in [3.63, 3.8) is 0 Å². The van der Waals surface area contributed by atoms with Gasteiger partial charge in [0.2, 0.25) is 11.8 Å². The van der Waals surface area contributed by atoms with Crippen molar-refractivity contribution in [3.8, 4) is 11.5 Å². The zero-order valence-corrected chi connectivity index (χ0v) is 14.5. The van der Waals surface area contributed by atoms with Crippen LogP contribution in [0.25, 0.3) is 11.5 Å². The van der Waals surface area contributed by atoms with E-state index in [-0.39, 0.29) is 24.4 Å². The molecule has 1 fully saturated rings. The molecule has 1 aliphatic rings. The van der Waals surface area contributed by atoms with E-state index >= 15 is 0 Å². The molecule has 1 aromatic heterocycles. The third-order valence-electron chi connectivity index (χ3n) is 4.49. The highest BCUT2D eigenvalue weighted by molar-refractivity contribution is 5.76. The van der Waals surface area contributed by atoms with Crippen molar-refractivity contribution in [2.45, 2.75) is 32.0 Å². The van der Waals surface area contributed by atoms with Crippen LogP contribution in [0.5, 0.6) is 0 Å². The van der Waals surface area contributed by atoms with Crippen LogP contribution >= 0.6 is 0 Å². The van der Waals surface area contributed by atoms with Crippen LogP contribution in [-0.4, -0.2) is 26.6 Å². The summed E-state index contributed by atoms with van der Waals surface area (Å²) in [4.78, 5) is 26.6. The molecule has 0 spiro atoms. The zero-order chi connectivity index (χ0) is 18.8. The van der Waals surface area contributed by atoms with E-state index in [2.05, 4.69) is 5.10 Å². The van der Waals surface area contributed by atoms with E-state index in [4.69, 9.17) is 4.42 Å². The summed E-state index contributed by atoms with van der Waals surface area (Å²) in [6, 6.07) is 15.4. The summed E-state index contributed by atoms with van der Waals surface area (Å²) in [5.41, 5.74) is 1.51. The fourth-order valence-electron chi connectivity index (χ4n) is 2.92. The molecule has 1 saturated carbocycles. The van der Waals surface area contributed by atoms with Crippen LogP contribution in [0.3, 0.4) is 0 Å². The number of hydrogen-bond acceptors (Lipinski definition) is 4. The lowest BCUT2D eigenvalue weighted by Gasteiger charge is -2.22. The lowest BCUT2D eigenvalue weighted by atomic mass is 10.2. The molecule has 7 heteroatoms. The van der Waals surface area contributed by atoms with E-state index in [0.717, 1.165) is 23.1 Å². The SMILES string of the molecule is O=C(Cn1nc(-c2ccc(F)cc2)oc1=O)N(Cc1ccccc1)C1CC1. The summed E-state index contributed by atoms with van der Waals surface area (Å²) in [5.74, 6) is -1.22. The lowest BCUT2D eigenvalue weighted by Crippen LogP contribution is -2.37. The minimum atomic E-state index is -0.710. The summed E-state index contributed by atoms with van der Waals surface area (Å²) in [5, 5.41) is 4.09. The van der Waals surface area contributed by atoms with Gasteiger partial charge < -0.3 is 9.32 Å². The first-order chi connectivity index (χ1) is 13.1. The van der Waals surface area contributed by atoms with Gasteiger partial charge >= 0.3 is 5.76 Å². The Balaban J connectivity index is 1.51. The molecular weight excluding hydrogens is 349 g/mol. The van der Waals surface area contributed by atoms with Crippen molar-refractivity contribution in [2.24, 2.45) is 0 Å². The maximum Gasteiger partial charge on any atom is 0.437 e. The van der Waals surface area contributed by atoms with Gasteiger partial charge in [0.1, 0.15) is 12.4 Å². The molecule has 4 rings (SSSR count). The molecule has 0 atom stereocenters. The van der Waals surface area contributed by atoms with Crippen LogP contribution in [0, 0.1) is 5.82 Å². The third kappa shape index (κ3) is 3.97. The Morgan fingerprint density at radius 2 is 1.85 bits per heavy atom. The molecule has 1 amide bonds. The summed E-state index contributed by atoms with van der Waals surface area (Å²) >= 11 is 0. The Morgan fingerprint density at radius 1 is 1.15 bits per heavy atom. The number of aromatic nitrogens is 2. The van der Waals surface area contributed by atoms with E-state index in [1.807, 2.05) is 30.3 Å². The number of carbonyl (C=O) groups is 1. The number of hydrogen-bond donors (Lipinski definition) is 0. The maximum atomic E-state index is 13.0. The number of amides is 1. The van der Waals surface area contributed by atoms with E-state index in [1.165, 1.54) is 24.3 Å². The highest BCUT2D eigenvalue weighted by Gasteiger charge is 2.33. The van der Waals surface area contributed by atoms with Gasteiger partial charge in [-0.3, -0.25) is 4.79 Å². The molecule has 138 valence electrons. The Bertz CT molecular complexity index is 991. The Hall–Kier alpha value is -3.22. The predicted octanol–water partition coefficient (Wildman–Crippen LogP) is 2.83. The van der Waals surface area contributed by atoms with Gasteiger partial charge in [-0.1, -0.05) is 30.3 Å². The van der Waals surface area contributed by atoms with Crippen LogP contribution in [0.15, 0.2) is 63.8 Å². The highest BCUT2D eigenvalue weighted by Crippen LogP contribution is 2.28. The second kappa shape index (κ2) is 7.19. The molecule has 0 bridgehead atoms. The highest BCUT2D eigenvalue weighted by atomic mass is 19.1. The van der Waals surface area contributed by atoms with Gasteiger partial charge in [0.15, 0.2) is 0 Å². The molecule has 0 unspecified atom stereocenters. The molecule has 6 nitrogen and oxygen atoms in total. The maximum absolute atomic E-state index is 13.0. The first-order valence-electron chi connectivity index (χ1n) is 8.77. The van der Waals surface area contributed by atoms with Crippen LogP contribution in [0.4, 0.5) is 4.39 Å². The first-order valence-corrected chi connectivity index (χ1v) is 8.77. The minimum Gasteiger partial charge on any atom is -0.388 e. The largest absolute Gasteiger partial charge is 0.437 e. The van der Waals surface area contributed by atoms with Crippen molar-refractivity contribution >= 4 is 5.91 Å². The molecule has 1 aliphatic carbocycles. The number of nitrogens with zero attached hydrogens (tertiary/aromatic N) is 3. The molecule has 0 radical (unpaired) electrons. The fraction of sp³-hybridized carbons (Fsp3) is 0.250. The average molecular weight is 367 g/mol. The Morgan fingerprint density at radius 3 is 2.52 bits per heavy atom. The smallest absolute Gasteiger partial charge is 0.388 e. The van der Waals surface area contributed by atoms with E-state index < -0.39 is 11.6 Å². The molecule has 1 heterocycles. The standard InChI is InChI=1S/C20H18FN3O3/c21-16-8-6-15(7-9-16)19-22-24(20(26)27-19)13-18(25)23(17-10-11-17)12-14-4-2-1-3-5-14/h1-9,17H,10-13H2. The van der Waals surface area contributed by atoms with Crippen LogP contribution < -0.4 is 5.76 Å². The van der Waals surface area contributed by atoms with Crippen molar-refractivity contribution in [1.29, 1.82) is 0 Å². The topological polar surface area (TPSA) is 68.3 Å². The van der Waals surface area contributed by atoms with Crippen molar-refractivity contribution in [1.82, 2.24) is 14.7 Å². The summed E-state index contributed by atoms with van der Waals surface area (Å²) < 4.78 is 19.2. The zero-order valence-electron chi connectivity index (χ0n) is 14.5. The van der Waals surface area contributed by atoms with Gasteiger partial charge in [-0.25, -0.2) is 9.18 Å². The fourth-order valence-corrected chi connectivity index (χ4v) is 2.92. The summed E-state index contributed by atoms with van der Waals surface area (Å²) in [7, 11) is 0. The van der Waals surface area contributed by atoms with Crippen LogP contribution in [0.2, 0.25) is 0 Å². The number of rotatable bonds is 6. The lowest BCUT2D eigenvalue weighted by molar-refractivity contribution is -0.133. The van der Waals surface area contributed by atoms with Crippen molar-refractivity contribution < 1.29 is 13.6 Å². The molecule has 3 aromatic rings. The van der Waals surface area contributed by atoms with E-state index in [9.17, 15) is 14.0 Å².